The number of hydrogen-bond acceptors (Lipinski definition) is 5. The monoisotopic (exact) mass is 319 g/mol. The van der Waals surface area contributed by atoms with E-state index in [1.54, 1.807) is 0 Å². The van der Waals surface area contributed by atoms with Gasteiger partial charge in [-0.05, 0) is 37.8 Å². The van der Waals surface area contributed by atoms with Crippen LogP contribution in [-0.2, 0) is 0 Å². The molecule has 5 heteroatoms. The van der Waals surface area contributed by atoms with Gasteiger partial charge in [0.2, 0.25) is 0 Å². The first-order valence-electron chi connectivity index (χ1n) is 8.35. The molecule has 3 atom stereocenters. The highest BCUT2D eigenvalue weighted by Gasteiger charge is 2.55. The van der Waals surface area contributed by atoms with Crippen LogP contribution in [0.4, 0.5) is 0 Å². The zero-order chi connectivity index (χ0) is 17.3. The normalized spacial score (nSPS) is 32.1. The Bertz CT molecular complexity index is 738. The van der Waals surface area contributed by atoms with Gasteiger partial charge >= 0.3 is 0 Å². The second kappa shape index (κ2) is 6.16. The quantitative estimate of drug-likeness (QED) is 0.747. The third kappa shape index (κ3) is 2.23. The van der Waals surface area contributed by atoms with Crippen LogP contribution in [0.15, 0.2) is 35.1 Å². The minimum Gasteiger partial charge on any atom is -0.399 e. The highest BCUT2D eigenvalue weighted by atomic mass is 15.1. The molecule has 2 aliphatic carbocycles. The molecule has 0 aromatic carbocycles. The van der Waals surface area contributed by atoms with Gasteiger partial charge in [0.15, 0.2) is 5.41 Å². The van der Waals surface area contributed by atoms with Crippen molar-refractivity contribution in [1.82, 2.24) is 4.90 Å². The maximum Gasteiger partial charge on any atom is 0.187 e. The number of allylic oxidation sites excluding steroid dienone is 4. The average molecular weight is 319 g/mol. The van der Waals surface area contributed by atoms with Crippen LogP contribution in [0.3, 0.4) is 0 Å². The van der Waals surface area contributed by atoms with Gasteiger partial charge in [-0.15, -0.1) is 0 Å². The standard InChI is InChI=1S/C19H21N5/c1-24-8-7-14-15(9-20)18(23)19(11-21,12-22)17(16(14)10-24)13-5-3-2-4-6-13/h2-3,7,13,16-17H,4-6,8,10,23H2,1H3/t13-,16-,17+/m0/s1. The van der Waals surface area contributed by atoms with Crippen LogP contribution in [0, 0.1) is 57.2 Å². The Labute approximate surface area is 142 Å². The fourth-order valence-electron chi connectivity index (χ4n) is 4.59. The second-order valence-electron chi connectivity index (χ2n) is 6.99. The van der Waals surface area contributed by atoms with Gasteiger partial charge in [0.05, 0.1) is 23.4 Å². The fraction of sp³-hybridized carbons (Fsp3) is 0.526. The summed E-state index contributed by atoms with van der Waals surface area (Å²) in [5.41, 5.74) is 6.29. The number of nitrogens with zero attached hydrogens (tertiary/aromatic N) is 4. The van der Waals surface area contributed by atoms with Crippen molar-refractivity contribution in [2.45, 2.75) is 19.3 Å². The number of nitrogens with two attached hydrogens (primary N) is 1. The van der Waals surface area contributed by atoms with Crippen LogP contribution < -0.4 is 5.73 Å². The Hall–Kier alpha value is -2.55. The maximum absolute atomic E-state index is 9.94. The van der Waals surface area contributed by atoms with Crippen molar-refractivity contribution < 1.29 is 0 Å². The number of nitriles is 3. The molecule has 0 bridgehead atoms. The number of fused-ring (bicyclic) bond motifs is 1. The molecular weight excluding hydrogens is 298 g/mol. The fourth-order valence-corrected chi connectivity index (χ4v) is 4.59. The molecule has 3 rings (SSSR count). The Morgan fingerprint density at radius 1 is 1.25 bits per heavy atom. The predicted octanol–water partition coefficient (Wildman–Crippen LogP) is 2.23. The van der Waals surface area contributed by atoms with Crippen molar-refractivity contribution in [3.63, 3.8) is 0 Å². The van der Waals surface area contributed by atoms with Gasteiger partial charge in [0.1, 0.15) is 6.07 Å². The Morgan fingerprint density at radius 2 is 2.00 bits per heavy atom. The zero-order valence-electron chi connectivity index (χ0n) is 13.9. The molecular formula is C19H21N5. The van der Waals surface area contributed by atoms with E-state index in [-0.39, 0.29) is 23.5 Å². The Balaban J connectivity index is 2.22. The van der Waals surface area contributed by atoms with Crippen LogP contribution >= 0.6 is 0 Å². The molecule has 3 aliphatic rings. The van der Waals surface area contributed by atoms with Crippen LogP contribution in [0.5, 0.6) is 0 Å². The van der Waals surface area contributed by atoms with Gasteiger partial charge in [0.25, 0.3) is 0 Å². The zero-order valence-corrected chi connectivity index (χ0v) is 13.9. The number of hydrogen-bond donors (Lipinski definition) is 1. The highest BCUT2D eigenvalue weighted by Crippen LogP contribution is 2.54. The van der Waals surface area contributed by atoms with Crippen molar-refractivity contribution in [1.29, 1.82) is 15.8 Å². The molecule has 24 heavy (non-hydrogen) atoms. The Kier molecular flexibility index (Phi) is 4.18. The molecule has 0 unspecified atom stereocenters. The lowest BCUT2D eigenvalue weighted by atomic mass is 9.55. The summed E-state index contributed by atoms with van der Waals surface area (Å²) in [5.74, 6) is 0.0537. The molecule has 5 nitrogen and oxygen atoms in total. The van der Waals surface area contributed by atoms with Crippen molar-refractivity contribution >= 4 is 0 Å². The third-order valence-electron chi connectivity index (χ3n) is 5.73. The van der Waals surface area contributed by atoms with Gasteiger partial charge in [-0.2, -0.15) is 15.8 Å². The lowest BCUT2D eigenvalue weighted by Gasteiger charge is -2.48. The van der Waals surface area contributed by atoms with Crippen LogP contribution in [0.25, 0.3) is 0 Å². The van der Waals surface area contributed by atoms with Gasteiger partial charge in [0, 0.05) is 24.9 Å². The summed E-state index contributed by atoms with van der Waals surface area (Å²) in [6.07, 6.45) is 9.12. The molecule has 0 fully saturated rings. The van der Waals surface area contributed by atoms with Crippen LogP contribution in [0.2, 0.25) is 0 Å². The predicted molar refractivity (Wildman–Crippen MR) is 89.5 cm³/mol. The first-order valence-corrected chi connectivity index (χ1v) is 8.35. The Morgan fingerprint density at radius 3 is 2.58 bits per heavy atom. The number of likely N-dealkylation sites (N-methyl/N-ethyl adjacent to an activating group) is 1. The van der Waals surface area contributed by atoms with E-state index in [2.05, 4.69) is 35.3 Å². The molecule has 0 saturated carbocycles. The molecule has 0 radical (unpaired) electrons. The van der Waals surface area contributed by atoms with E-state index >= 15 is 0 Å². The molecule has 0 spiro atoms. The van der Waals surface area contributed by atoms with E-state index in [0.717, 1.165) is 37.9 Å². The third-order valence-corrected chi connectivity index (χ3v) is 5.73. The first kappa shape index (κ1) is 16.3. The lowest BCUT2D eigenvalue weighted by Crippen LogP contribution is -2.51. The van der Waals surface area contributed by atoms with Gasteiger partial charge in [-0.3, -0.25) is 0 Å². The SMILES string of the molecule is CN1CC=C2C(C#N)=C(N)C(C#N)(C#N)[C@H]([C@H]3CC=CCC3)[C@H]2C1. The van der Waals surface area contributed by atoms with Gasteiger partial charge < -0.3 is 10.6 Å². The summed E-state index contributed by atoms with van der Waals surface area (Å²) in [5, 5.41) is 29.5. The lowest BCUT2D eigenvalue weighted by molar-refractivity contribution is 0.120. The van der Waals surface area contributed by atoms with Crippen molar-refractivity contribution in [2.24, 2.45) is 28.9 Å². The van der Waals surface area contributed by atoms with E-state index in [4.69, 9.17) is 5.73 Å². The molecule has 2 N–H and O–H groups in total. The second-order valence-corrected chi connectivity index (χ2v) is 6.99. The van der Waals surface area contributed by atoms with E-state index in [1.807, 2.05) is 13.1 Å². The minimum atomic E-state index is -1.42. The number of rotatable bonds is 1. The highest BCUT2D eigenvalue weighted by molar-refractivity contribution is 5.56. The smallest absolute Gasteiger partial charge is 0.187 e. The first-order chi connectivity index (χ1) is 11.6. The molecule has 0 aromatic heterocycles. The summed E-state index contributed by atoms with van der Waals surface area (Å²) in [7, 11) is 2.03. The van der Waals surface area contributed by atoms with Gasteiger partial charge in [-0.1, -0.05) is 18.2 Å². The molecule has 0 saturated heterocycles. The largest absolute Gasteiger partial charge is 0.399 e. The molecule has 1 heterocycles. The summed E-state index contributed by atoms with van der Waals surface area (Å²) in [6, 6.07) is 6.59. The molecule has 0 aromatic rings. The summed E-state index contributed by atoms with van der Waals surface area (Å²) in [4.78, 5) is 2.18. The van der Waals surface area contributed by atoms with Crippen molar-refractivity contribution in [3.05, 3.63) is 35.1 Å². The van der Waals surface area contributed by atoms with E-state index in [1.165, 1.54) is 0 Å². The minimum absolute atomic E-state index is 0.00139. The molecule has 1 aliphatic heterocycles. The van der Waals surface area contributed by atoms with E-state index in [9.17, 15) is 15.8 Å². The summed E-state index contributed by atoms with van der Waals surface area (Å²) in [6.45, 7) is 1.51. The average Bonchev–Trinajstić information content (AvgIpc) is 2.62. The van der Waals surface area contributed by atoms with Crippen LogP contribution in [-0.4, -0.2) is 25.0 Å². The van der Waals surface area contributed by atoms with E-state index < -0.39 is 5.41 Å². The molecule has 122 valence electrons. The summed E-state index contributed by atoms with van der Waals surface area (Å²) >= 11 is 0. The molecule has 0 amide bonds. The van der Waals surface area contributed by atoms with Crippen LogP contribution in [0.1, 0.15) is 19.3 Å². The van der Waals surface area contributed by atoms with Gasteiger partial charge in [-0.25, -0.2) is 0 Å². The topological polar surface area (TPSA) is 101 Å². The summed E-state index contributed by atoms with van der Waals surface area (Å²) < 4.78 is 0. The van der Waals surface area contributed by atoms with Crippen molar-refractivity contribution in [3.8, 4) is 18.2 Å². The van der Waals surface area contributed by atoms with E-state index in [0.29, 0.717) is 5.57 Å². The maximum atomic E-state index is 9.94. The van der Waals surface area contributed by atoms with Crippen molar-refractivity contribution in [2.75, 3.05) is 20.1 Å².